The summed E-state index contributed by atoms with van der Waals surface area (Å²) in [6, 6.07) is 10.1. The van der Waals surface area contributed by atoms with Gasteiger partial charge in [0.25, 0.3) is 0 Å². The van der Waals surface area contributed by atoms with E-state index in [1.54, 1.807) is 6.92 Å². The van der Waals surface area contributed by atoms with Gasteiger partial charge in [-0.25, -0.2) is 0 Å². The monoisotopic (exact) mass is 235 g/mol. The molecule has 0 fully saturated rings. The maximum absolute atomic E-state index is 10.8. The van der Waals surface area contributed by atoms with Crippen molar-refractivity contribution in [3.8, 4) is 0 Å². The molecule has 94 valence electrons. The molecule has 0 saturated carbocycles. The highest BCUT2D eigenvalue weighted by Crippen LogP contribution is 2.25. The van der Waals surface area contributed by atoms with E-state index in [9.17, 15) is 4.79 Å². The first-order chi connectivity index (χ1) is 8.02. The lowest BCUT2D eigenvalue weighted by molar-refractivity contribution is -0.141. The van der Waals surface area contributed by atoms with Crippen LogP contribution in [0.2, 0.25) is 0 Å². The van der Waals surface area contributed by atoms with Gasteiger partial charge in [-0.3, -0.25) is 4.79 Å². The molecule has 0 aliphatic carbocycles. The molecule has 0 heterocycles. The number of rotatable bonds is 6. The summed E-state index contributed by atoms with van der Waals surface area (Å²) in [5.41, 5.74) is 7.18. The summed E-state index contributed by atoms with van der Waals surface area (Å²) in [4.78, 5) is 10.8. The number of nitrogens with two attached hydrogens (primary N) is 1. The molecule has 0 aromatic heterocycles. The van der Waals surface area contributed by atoms with Crippen molar-refractivity contribution in [1.29, 1.82) is 0 Å². The first-order valence-corrected chi connectivity index (χ1v) is 6.05. The van der Waals surface area contributed by atoms with Gasteiger partial charge >= 0.3 is 5.97 Å². The van der Waals surface area contributed by atoms with Gasteiger partial charge in [-0.05, 0) is 31.2 Å². The summed E-state index contributed by atoms with van der Waals surface area (Å²) in [6.07, 6.45) is 1.48. The SMILES string of the molecule is CC(CCC(c1ccccc1)C(C)N)C(=O)O. The van der Waals surface area contributed by atoms with Crippen LogP contribution in [0.1, 0.15) is 38.2 Å². The van der Waals surface area contributed by atoms with Crippen LogP contribution in [-0.4, -0.2) is 17.1 Å². The van der Waals surface area contributed by atoms with Crippen LogP contribution in [0.15, 0.2) is 30.3 Å². The van der Waals surface area contributed by atoms with E-state index in [1.165, 1.54) is 5.56 Å². The van der Waals surface area contributed by atoms with Gasteiger partial charge in [-0.2, -0.15) is 0 Å². The second-order valence-corrected chi connectivity index (χ2v) is 4.69. The Hall–Kier alpha value is -1.35. The van der Waals surface area contributed by atoms with Crippen molar-refractivity contribution in [3.05, 3.63) is 35.9 Å². The van der Waals surface area contributed by atoms with Crippen LogP contribution in [0.25, 0.3) is 0 Å². The zero-order valence-electron chi connectivity index (χ0n) is 10.5. The Morgan fingerprint density at radius 3 is 2.29 bits per heavy atom. The summed E-state index contributed by atoms with van der Waals surface area (Å²) in [5, 5.41) is 8.87. The molecule has 3 unspecified atom stereocenters. The second-order valence-electron chi connectivity index (χ2n) is 4.69. The topological polar surface area (TPSA) is 63.3 Å². The Morgan fingerprint density at radius 1 is 1.24 bits per heavy atom. The van der Waals surface area contributed by atoms with Gasteiger partial charge in [-0.15, -0.1) is 0 Å². The molecule has 3 N–H and O–H groups in total. The summed E-state index contributed by atoms with van der Waals surface area (Å²) in [7, 11) is 0. The molecule has 0 saturated heterocycles. The standard InChI is InChI=1S/C14H21NO2/c1-10(14(16)17)8-9-13(11(2)15)12-6-4-3-5-7-12/h3-7,10-11,13H,8-9,15H2,1-2H3,(H,16,17). The fraction of sp³-hybridized carbons (Fsp3) is 0.500. The van der Waals surface area contributed by atoms with Crippen LogP contribution in [0, 0.1) is 5.92 Å². The Bertz CT molecular complexity index is 348. The number of carbonyl (C=O) groups is 1. The molecular formula is C14H21NO2. The predicted molar refractivity (Wildman–Crippen MR) is 68.9 cm³/mol. The van der Waals surface area contributed by atoms with Crippen molar-refractivity contribution in [2.75, 3.05) is 0 Å². The normalized spacial score (nSPS) is 16.2. The zero-order chi connectivity index (χ0) is 12.8. The third-order valence-electron chi connectivity index (χ3n) is 3.19. The van der Waals surface area contributed by atoms with Crippen molar-refractivity contribution in [1.82, 2.24) is 0 Å². The van der Waals surface area contributed by atoms with E-state index in [4.69, 9.17) is 10.8 Å². The predicted octanol–water partition coefficient (Wildman–Crippen LogP) is 2.62. The van der Waals surface area contributed by atoms with Crippen molar-refractivity contribution >= 4 is 5.97 Å². The smallest absolute Gasteiger partial charge is 0.306 e. The molecule has 0 aliphatic rings. The van der Waals surface area contributed by atoms with Crippen LogP contribution in [0.5, 0.6) is 0 Å². The number of hydrogen-bond donors (Lipinski definition) is 2. The number of carboxylic acids is 1. The molecule has 0 spiro atoms. The molecule has 0 bridgehead atoms. The fourth-order valence-electron chi connectivity index (χ4n) is 1.99. The van der Waals surface area contributed by atoms with Gasteiger partial charge in [0, 0.05) is 6.04 Å². The Kier molecular flexibility index (Phi) is 5.16. The van der Waals surface area contributed by atoms with E-state index in [0.29, 0.717) is 6.42 Å². The fourth-order valence-corrected chi connectivity index (χ4v) is 1.99. The van der Waals surface area contributed by atoms with Gasteiger partial charge < -0.3 is 10.8 Å². The molecule has 0 aliphatic heterocycles. The molecule has 0 amide bonds. The van der Waals surface area contributed by atoms with Gasteiger partial charge in [0.15, 0.2) is 0 Å². The number of carboxylic acid groups (broad SMARTS) is 1. The first-order valence-electron chi connectivity index (χ1n) is 6.05. The lowest BCUT2D eigenvalue weighted by Crippen LogP contribution is -2.25. The van der Waals surface area contributed by atoms with Gasteiger partial charge in [-0.1, -0.05) is 37.3 Å². The second kappa shape index (κ2) is 6.40. The van der Waals surface area contributed by atoms with E-state index in [0.717, 1.165) is 6.42 Å². The average Bonchev–Trinajstić information content (AvgIpc) is 2.29. The van der Waals surface area contributed by atoms with E-state index < -0.39 is 5.97 Å². The lowest BCUT2D eigenvalue weighted by Gasteiger charge is -2.22. The van der Waals surface area contributed by atoms with Crippen molar-refractivity contribution < 1.29 is 9.90 Å². The van der Waals surface area contributed by atoms with Crippen LogP contribution >= 0.6 is 0 Å². The minimum atomic E-state index is -0.735. The molecule has 1 aromatic carbocycles. The lowest BCUT2D eigenvalue weighted by atomic mass is 9.86. The Morgan fingerprint density at radius 2 is 1.82 bits per heavy atom. The van der Waals surface area contributed by atoms with Gasteiger partial charge in [0.2, 0.25) is 0 Å². The van der Waals surface area contributed by atoms with Crippen LogP contribution in [0.3, 0.4) is 0 Å². The highest BCUT2D eigenvalue weighted by Gasteiger charge is 2.19. The molecule has 3 heteroatoms. The van der Waals surface area contributed by atoms with Crippen LogP contribution < -0.4 is 5.73 Å². The molecule has 3 nitrogen and oxygen atoms in total. The summed E-state index contributed by atoms with van der Waals surface area (Å²) >= 11 is 0. The first kappa shape index (κ1) is 13.7. The Labute approximate surface area is 103 Å². The van der Waals surface area contributed by atoms with Gasteiger partial charge in [0.05, 0.1) is 5.92 Å². The number of hydrogen-bond acceptors (Lipinski definition) is 2. The summed E-state index contributed by atoms with van der Waals surface area (Å²) in [5.74, 6) is -0.806. The van der Waals surface area contributed by atoms with Crippen molar-refractivity contribution in [2.45, 2.75) is 38.6 Å². The molecule has 1 aromatic rings. The van der Waals surface area contributed by atoms with Crippen LogP contribution in [-0.2, 0) is 4.79 Å². The van der Waals surface area contributed by atoms with Crippen molar-refractivity contribution in [2.24, 2.45) is 11.7 Å². The van der Waals surface area contributed by atoms with Crippen molar-refractivity contribution in [3.63, 3.8) is 0 Å². The van der Waals surface area contributed by atoms with Gasteiger partial charge in [0.1, 0.15) is 0 Å². The maximum atomic E-state index is 10.8. The molecule has 17 heavy (non-hydrogen) atoms. The average molecular weight is 235 g/mol. The van der Waals surface area contributed by atoms with E-state index in [2.05, 4.69) is 12.1 Å². The minimum absolute atomic E-state index is 0.0402. The highest BCUT2D eigenvalue weighted by molar-refractivity contribution is 5.69. The molecule has 1 rings (SSSR count). The molecular weight excluding hydrogens is 214 g/mol. The molecule has 0 radical (unpaired) electrons. The molecule has 3 atom stereocenters. The van der Waals surface area contributed by atoms with E-state index in [1.807, 2.05) is 25.1 Å². The number of aliphatic carboxylic acids is 1. The highest BCUT2D eigenvalue weighted by atomic mass is 16.4. The van der Waals surface area contributed by atoms with E-state index in [-0.39, 0.29) is 17.9 Å². The third kappa shape index (κ3) is 4.19. The quantitative estimate of drug-likeness (QED) is 0.796. The van der Waals surface area contributed by atoms with Crippen LogP contribution in [0.4, 0.5) is 0 Å². The van der Waals surface area contributed by atoms with E-state index >= 15 is 0 Å². The largest absolute Gasteiger partial charge is 0.481 e. The summed E-state index contributed by atoms with van der Waals surface area (Å²) in [6.45, 7) is 3.72. The zero-order valence-corrected chi connectivity index (χ0v) is 10.5. The summed E-state index contributed by atoms with van der Waals surface area (Å²) < 4.78 is 0. The third-order valence-corrected chi connectivity index (χ3v) is 3.19. The maximum Gasteiger partial charge on any atom is 0.306 e. The number of benzene rings is 1. The Balaban J connectivity index is 2.65. The minimum Gasteiger partial charge on any atom is -0.481 e.